The minimum Gasteiger partial charge on any atom is -0.325 e. The molecule has 0 aromatic carbocycles. The second kappa shape index (κ2) is 6.23. The monoisotopic (exact) mass is 242 g/mol. The van der Waals surface area contributed by atoms with Crippen molar-refractivity contribution in [3.05, 3.63) is 59.7 Å². The lowest BCUT2D eigenvalue weighted by molar-refractivity contribution is 0.315. The molecule has 0 aliphatic carbocycles. The Kier molecular flexibility index (Phi) is 4.39. The maximum atomic E-state index is 5.59. The van der Waals surface area contributed by atoms with Gasteiger partial charge >= 0.3 is 0 Å². The fraction of sp³-hybridized carbons (Fsp3) is 0.286. The Balaban J connectivity index is 1.96. The van der Waals surface area contributed by atoms with E-state index in [1.165, 1.54) is 5.56 Å². The molecule has 0 aliphatic rings. The molecule has 2 aromatic heterocycles. The SMILES string of the molecule is CN(Cc1ccnc(CN)c1)Cc1ccccn1. The van der Waals surface area contributed by atoms with Crippen molar-refractivity contribution in [1.82, 2.24) is 14.9 Å². The minimum absolute atomic E-state index is 0.484. The van der Waals surface area contributed by atoms with Gasteiger partial charge in [-0.3, -0.25) is 14.9 Å². The molecule has 2 aromatic rings. The Labute approximate surface area is 107 Å². The zero-order chi connectivity index (χ0) is 12.8. The molecule has 0 aliphatic heterocycles. The predicted molar refractivity (Wildman–Crippen MR) is 71.5 cm³/mol. The van der Waals surface area contributed by atoms with Gasteiger partial charge < -0.3 is 5.73 Å². The normalized spacial score (nSPS) is 10.8. The standard InChI is InChI=1S/C14H18N4/c1-18(11-13-4-2-3-6-16-13)10-12-5-7-17-14(8-12)9-15/h2-8H,9-11,15H2,1H3. The molecular formula is C14H18N4. The molecule has 0 saturated heterocycles. The molecule has 0 radical (unpaired) electrons. The van der Waals surface area contributed by atoms with Gasteiger partial charge in [-0.25, -0.2) is 0 Å². The maximum Gasteiger partial charge on any atom is 0.0543 e. The summed E-state index contributed by atoms with van der Waals surface area (Å²) in [6, 6.07) is 10.0. The quantitative estimate of drug-likeness (QED) is 0.864. The van der Waals surface area contributed by atoms with E-state index in [1.807, 2.05) is 36.7 Å². The summed E-state index contributed by atoms with van der Waals surface area (Å²) in [4.78, 5) is 10.7. The summed E-state index contributed by atoms with van der Waals surface area (Å²) in [6.45, 7) is 2.19. The van der Waals surface area contributed by atoms with Gasteiger partial charge in [0.2, 0.25) is 0 Å². The third kappa shape index (κ3) is 3.61. The topological polar surface area (TPSA) is 55.0 Å². The van der Waals surface area contributed by atoms with Gasteiger partial charge in [0.05, 0.1) is 11.4 Å². The van der Waals surface area contributed by atoms with E-state index in [0.29, 0.717) is 6.54 Å². The summed E-state index contributed by atoms with van der Waals surface area (Å²) in [5.74, 6) is 0. The van der Waals surface area contributed by atoms with Crippen LogP contribution in [0.15, 0.2) is 42.7 Å². The van der Waals surface area contributed by atoms with E-state index in [1.54, 1.807) is 0 Å². The highest BCUT2D eigenvalue weighted by atomic mass is 15.1. The number of hydrogen-bond acceptors (Lipinski definition) is 4. The summed E-state index contributed by atoms with van der Waals surface area (Å²) in [5, 5.41) is 0. The average Bonchev–Trinajstić information content (AvgIpc) is 2.40. The molecule has 2 heterocycles. The zero-order valence-electron chi connectivity index (χ0n) is 10.6. The third-order valence-corrected chi connectivity index (χ3v) is 2.70. The highest BCUT2D eigenvalue weighted by Crippen LogP contribution is 2.07. The van der Waals surface area contributed by atoms with Crippen LogP contribution in [0.4, 0.5) is 0 Å². The van der Waals surface area contributed by atoms with Gasteiger partial charge in [-0.15, -0.1) is 0 Å². The van der Waals surface area contributed by atoms with E-state index in [4.69, 9.17) is 5.73 Å². The molecule has 0 amide bonds. The summed E-state index contributed by atoms with van der Waals surface area (Å²) in [6.07, 6.45) is 3.63. The molecule has 0 spiro atoms. The van der Waals surface area contributed by atoms with Crippen LogP contribution in [0.3, 0.4) is 0 Å². The summed E-state index contributed by atoms with van der Waals surface area (Å²) < 4.78 is 0. The summed E-state index contributed by atoms with van der Waals surface area (Å²) >= 11 is 0. The molecule has 2 N–H and O–H groups in total. The van der Waals surface area contributed by atoms with Crippen LogP contribution in [-0.4, -0.2) is 21.9 Å². The number of hydrogen-bond donors (Lipinski definition) is 1. The Hall–Kier alpha value is -1.78. The van der Waals surface area contributed by atoms with E-state index in [9.17, 15) is 0 Å². The number of pyridine rings is 2. The molecule has 0 bridgehead atoms. The third-order valence-electron chi connectivity index (χ3n) is 2.70. The van der Waals surface area contributed by atoms with Crippen molar-refractivity contribution >= 4 is 0 Å². The molecule has 2 rings (SSSR count). The largest absolute Gasteiger partial charge is 0.325 e. The molecular weight excluding hydrogens is 224 g/mol. The van der Waals surface area contributed by atoms with Crippen molar-refractivity contribution in [3.63, 3.8) is 0 Å². The van der Waals surface area contributed by atoms with Crippen LogP contribution < -0.4 is 5.73 Å². The van der Waals surface area contributed by atoms with Crippen molar-refractivity contribution in [2.75, 3.05) is 7.05 Å². The first-order valence-electron chi connectivity index (χ1n) is 6.00. The van der Waals surface area contributed by atoms with Gasteiger partial charge in [-0.2, -0.15) is 0 Å². The van der Waals surface area contributed by atoms with E-state index >= 15 is 0 Å². The number of nitrogens with zero attached hydrogens (tertiary/aromatic N) is 3. The van der Waals surface area contributed by atoms with E-state index in [0.717, 1.165) is 24.5 Å². The number of nitrogens with two attached hydrogens (primary N) is 1. The second-order valence-electron chi connectivity index (χ2n) is 4.35. The summed E-state index contributed by atoms with van der Waals surface area (Å²) in [7, 11) is 2.08. The average molecular weight is 242 g/mol. The first-order valence-corrected chi connectivity index (χ1v) is 6.00. The maximum absolute atomic E-state index is 5.59. The molecule has 4 nitrogen and oxygen atoms in total. The first-order chi connectivity index (χ1) is 8.78. The van der Waals surface area contributed by atoms with Crippen LogP contribution in [0.2, 0.25) is 0 Å². The van der Waals surface area contributed by atoms with Crippen LogP contribution in [0.25, 0.3) is 0 Å². The number of rotatable bonds is 5. The lowest BCUT2D eigenvalue weighted by Crippen LogP contribution is -2.18. The van der Waals surface area contributed by atoms with Crippen LogP contribution in [0.1, 0.15) is 17.0 Å². The van der Waals surface area contributed by atoms with Crippen LogP contribution in [0, 0.1) is 0 Å². The fourth-order valence-electron chi connectivity index (χ4n) is 1.87. The Morgan fingerprint density at radius 2 is 1.89 bits per heavy atom. The lowest BCUT2D eigenvalue weighted by atomic mass is 10.2. The zero-order valence-corrected chi connectivity index (χ0v) is 10.6. The van der Waals surface area contributed by atoms with Gasteiger partial charge in [0.25, 0.3) is 0 Å². The highest BCUT2D eigenvalue weighted by Gasteiger charge is 2.03. The first kappa shape index (κ1) is 12.7. The van der Waals surface area contributed by atoms with Crippen molar-refractivity contribution in [2.24, 2.45) is 5.73 Å². The van der Waals surface area contributed by atoms with Crippen LogP contribution in [0.5, 0.6) is 0 Å². The highest BCUT2D eigenvalue weighted by molar-refractivity contribution is 5.16. The Morgan fingerprint density at radius 1 is 1.06 bits per heavy atom. The molecule has 0 fully saturated rings. The van der Waals surface area contributed by atoms with Crippen molar-refractivity contribution in [2.45, 2.75) is 19.6 Å². The summed E-state index contributed by atoms with van der Waals surface area (Å²) in [5.41, 5.74) is 8.82. The molecule has 0 atom stereocenters. The fourth-order valence-corrected chi connectivity index (χ4v) is 1.87. The van der Waals surface area contributed by atoms with Crippen LogP contribution >= 0.6 is 0 Å². The van der Waals surface area contributed by atoms with E-state index in [2.05, 4.69) is 28.0 Å². The van der Waals surface area contributed by atoms with Gasteiger partial charge in [-0.1, -0.05) is 6.07 Å². The molecule has 0 unspecified atom stereocenters. The predicted octanol–water partition coefficient (Wildman–Crippen LogP) is 1.57. The number of aromatic nitrogens is 2. The lowest BCUT2D eigenvalue weighted by Gasteiger charge is -2.16. The van der Waals surface area contributed by atoms with Gasteiger partial charge in [0.1, 0.15) is 0 Å². The second-order valence-corrected chi connectivity index (χ2v) is 4.35. The van der Waals surface area contributed by atoms with Crippen molar-refractivity contribution in [1.29, 1.82) is 0 Å². The van der Waals surface area contributed by atoms with Crippen molar-refractivity contribution < 1.29 is 0 Å². The molecule has 0 saturated carbocycles. The van der Waals surface area contributed by atoms with Gasteiger partial charge in [-0.05, 0) is 36.9 Å². The smallest absolute Gasteiger partial charge is 0.0543 e. The van der Waals surface area contributed by atoms with E-state index in [-0.39, 0.29) is 0 Å². The van der Waals surface area contributed by atoms with Crippen molar-refractivity contribution in [3.8, 4) is 0 Å². The Morgan fingerprint density at radius 3 is 2.61 bits per heavy atom. The van der Waals surface area contributed by atoms with Gasteiger partial charge in [0, 0.05) is 32.0 Å². The van der Waals surface area contributed by atoms with Gasteiger partial charge in [0.15, 0.2) is 0 Å². The minimum atomic E-state index is 0.484. The molecule has 18 heavy (non-hydrogen) atoms. The molecule has 94 valence electrons. The molecule has 4 heteroatoms. The van der Waals surface area contributed by atoms with Crippen LogP contribution in [-0.2, 0) is 19.6 Å². The Bertz CT molecular complexity index is 484. The van der Waals surface area contributed by atoms with E-state index < -0.39 is 0 Å².